The van der Waals surface area contributed by atoms with Crippen molar-refractivity contribution in [3.8, 4) is 0 Å². The first-order chi connectivity index (χ1) is 9.99. The Morgan fingerprint density at radius 2 is 1.81 bits per heavy atom. The van der Waals surface area contributed by atoms with Crippen molar-refractivity contribution in [1.82, 2.24) is 5.32 Å². The minimum absolute atomic E-state index is 0.518. The molecule has 0 amide bonds. The maximum Gasteiger partial charge on any atom is 0.390 e. The molecule has 0 heterocycles. The Labute approximate surface area is 122 Å². The quantitative estimate of drug-likeness (QED) is 0.872. The highest BCUT2D eigenvalue weighted by Gasteiger charge is 2.33. The molecular formula is C17H18F3N. The average molecular weight is 293 g/mol. The third kappa shape index (κ3) is 2.77. The van der Waals surface area contributed by atoms with Crippen LogP contribution >= 0.6 is 0 Å². The Balaban J connectivity index is 2.10. The monoisotopic (exact) mass is 293 g/mol. The summed E-state index contributed by atoms with van der Waals surface area (Å²) in [5.74, 6) is 0. The molecule has 0 fully saturated rings. The maximum atomic E-state index is 12.8. The summed E-state index contributed by atoms with van der Waals surface area (Å²) in [6.45, 7) is 2.35. The number of alkyl halides is 3. The first kappa shape index (κ1) is 14.4. The fourth-order valence-corrected chi connectivity index (χ4v) is 3.34. The van der Waals surface area contributed by atoms with Gasteiger partial charge in [0.25, 0.3) is 0 Å². The maximum absolute atomic E-state index is 12.8. The van der Waals surface area contributed by atoms with E-state index in [9.17, 15) is 13.2 Å². The van der Waals surface area contributed by atoms with Gasteiger partial charge in [-0.05, 0) is 46.8 Å². The molecule has 0 bridgehead atoms. The molecule has 1 N–H and O–H groups in total. The molecular weight excluding hydrogens is 275 g/mol. The van der Waals surface area contributed by atoms with Crippen LogP contribution in [-0.2, 0) is 12.8 Å². The van der Waals surface area contributed by atoms with Crippen molar-refractivity contribution in [1.29, 1.82) is 0 Å². The van der Waals surface area contributed by atoms with E-state index in [1.807, 2.05) is 31.2 Å². The summed E-state index contributed by atoms with van der Waals surface area (Å²) >= 11 is 0. The third-order valence-corrected chi connectivity index (χ3v) is 4.17. The Morgan fingerprint density at radius 3 is 2.48 bits per heavy atom. The van der Waals surface area contributed by atoms with E-state index in [1.54, 1.807) is 0 Å². The van der Waals surface area contributed by atoms with E-state index < -0.39 is 18.6 Å². The summed E-state index contributed by atoms with van der Waals surface area (Å²) < 4.78 is 38.5. The molecule has 0 aromatic heterocycles. The van der Waals surface area contributed by atoms with Gasteiger partial charge in [0.05, 0.1) is 6.42 Å². The predicted molar refractivity (Wildman–Crippen MR) is 78.4 cm³/mol. The van der Waals surface area contributed by atoms with Crippen molar-refractivity contribution in [3.05, 3.63) is 47.0 Å². The molecule has 0 spiro atoms. The fourth-order valence-electron chi connectivity index (χ4n) is 3.34. The highest BCUT2D eigenvalue weighted by molar-refractivity contribution is 5.93. The van der Waals surface area contributed by atoms with Crippen LogP contribution < -0.4 is 5.32 Å². The molecule has 112 valence electrons. The zero-order valence-corrected chi connectivity index (χ0v) is 11.9. The van der Waals surface area contributed by atoms with E-state index in [4.69, 9.17) is 0 Å². The van der Waals surface area contributed by atoms with Gasteiger partial charge in [0.1, 0.15) is 0 Å². The Kier molecular flexibility index (Phi) is 3.66. The lowest BCUT2D eigenvalue weighted by Crippen LogP contribution is -2.26. The molecule has 2 aromatic carbocycles. The summed E-state index contributed by atoms with van der Waals surface area (Å²) in [5.41, 5.74) is 3.27. The van der Waals surface area contributed by atoms with Gasteiger partial charge >= 0.3 is 6.18 Å². The molecule has 1 aliphatic carbocycles. The van der Waals surface area contributed by atoms with Crippen molar-refractivity contribution in [2.24, 2.45) is 0 Å². The van der Waals surface area contributed by atoms with Gasteiger partial charge in [-0.2, -0.15) is 13.2 Å². The summed E-state index contributed by atoms with van der Waals surface area (Å²) in [5, 5.41) is 5.12. The Hall–Kier alpha value is -1.55. The van der Waals surface area contributed by atoms with Crippen LogP contribution in [-0.4, -0.2) is 12.7 Å². The minimum atomic E-state index is -4.17. The van der Waals surface area contributed by atoms with Crippen molar-refractivity contribution in [2.75, 3.05) is 6.54 Å². The van der Waals surface area contributed by atoms with Crippen molar-refractivity contribution < 1.29 is 13.2 Å². The fraction of sp³-hybridized carbons (Fsp3) is 0.412. The lowest BCUT2D eigenvalue weighted by atomic mass is 9.94. The SMILES string of the molecule is CCNC(CC(F)(F)F)c1ccc2c3c(cccc13)CC2. The van der Waals surface area contributed by atoms with Crippen LogP contribution in [0, 0.1) is 0 Å². The van der Waals surface area contributed by atoms with Crippen LogP contribution in [0.2, 0.25) is 0 Å². The van der Waals surface area contributed by atoms with Crippen molar-refractivity contribution in [3.63, 3.8) is 0 Å². The lowest BCUT2D eigenvalue weighted by molar-refractivity contribution is -0.140. The van der Waals surface area contributed by atoms with Crippen LogP contribution in [0.4, 0.5) is 13.2 Å². The number of rotatable bonds is 4. The van der Waals surface area contributed by atoms with Gasteiger partial charge in [0.2, 0.25) is 0 Å². The standard InChI is InChI=1S/C17H18F3N/c1-2-21-15(10-17(18,19)20)13-9-8-12-7-6-11-4-3-5-14(13)16(11)12/h3-5,8-9,15,21H,2,6-7,10H2,1H3. The molecule has 1 atom stereocenters. The van der Waals surface area contributed by atoms with Crippen LogP contribution in [0.5, 0.6) is 0 Å². The first-order valence-electron chi connectivity index (χ1n) is 7.33. The molecule has 0 radical (unpaired) electrons. The van der Waals surface area contributed by atoms with E-state index in [-0.39, 0.29) is 0 Å². The van der Waals surface area contributed by atoms with Gasteiger partial charge in [0.15, 0.2) is 0 Å². The van der Waals surface area contributed by atoms with Gasteiger partial charge < -0.3 is 5.32 Å². The molecule has 21 heavy (non-hydrogen) atoms. The van der Waals surface area contributed by atoms with E-state index >= 15 is 0 Å². The first-order valence-corrected chi connectivity index (χ1v) is 7.33. The second-order valence-electron chi connectivity index (χ2n) is 5.58. The third-order valence-electron chi connectivity index (χ3n) is 4.17. The second kappa shape index (κ2) is 5.34. The van der Waals surface area contributed by atoms with Crippen LogP contribution in [0.15, 0.2) is 30.3 Å². The molecule has 0 aliphatic heterocycles. The number of nitrogens with one attached hydrogen (secondary N) is 1. The highest BCUT2D eigenvalue weighted by atomic mass is 19.4. The molecule has 1 aliphatic rings. The average Bonchev–Trinajstić information content (AvgIpc) is 2.83. The predicted octanol–water partition coefficient (Wildman–Crippen LogP) is 4.54. The van der Waals surface area contributed by atoms with Crippen molar-refractivity contribution >= 4 is 10.8 Å². The Morgan fingerprint density at radius 1 is 1.10 bits per heavy atom. The topological polar surface area (TPSA) is 12.0 Å². The van der Waals surface area contributed by atoms with E-state index in [2.05, 4.69) is 11.4 Å². The van der Waals surface area contributed by atoms with Crippen LogP contribution in [0.25, 0.3) is 10.8 Å². The van der Waals surface area contributed by atoms with E-state index in [0.29, 0.717) is 6.54 Å². The van der Waals surface area contributed by atoms with E-state index in [1.165, 1.54) is 16.5 Å². The summed E-state index contributed by atoms with van der Waals surface area (Å²) in [4.78, 5) is 0. The van der Waals surface area contributed by atoms with Crippen LogP contribution in [0.3, 0.4) is 0 Å². The lowest BCUT2D eigenvalue weighted by Gasteiger charge is -2.22. The van der Waals surface area contributed by atoms with Gasteiger partial charge in [-0.15, -0.1) is 0 Å². The molecule has 4 heteroatoms. The van der Waals surface area contributed by atoms with Gasteiger partial charge in [-0.25, -0.2) is 0 Å². The summed E-state index contributed by atoms with van der Waals surface area (Å²) in [6.07, 6.45) is -3.03. The zero-order chi connectivity index (χ0) is 15.0. The number of aryl methyl sites for hydroxylation is 2. The Bertz CT molecular complexity index is 651. The molecule has 2 aromatic rings. The molecule has 0 saturated heterocycles. The summed E-state index contributed by atoms with van der Waals surface area (Å²) in [7, 11) is 0. The minimum Gasteiger partial charge on any atom is -0.310 e. The van der Waals surface area contributed by atoms with Gasteiger partial charge in [0, 0.05) is 6.04 Å². The van der Waals surface area contributed by atoms with Gasteiger partial charge in [-0.1, -0.05) is 37.3 Å². The van der Waals surface area contributed by atoms with Crippen molar-refractivity contribution in [2.45, 2.75) is 38.4 Å². The number of hydrogen-bond donors (Lipinski definition) is 1. The second-order valence-corrected chi connectivity index (χ2v) is 5.58. The smallest absolute Gasteiger partial charge is 0.310 e. The zero-order valence-electron chi connectivity index (χ0n) is 11.9. The van der Waals surface area contributed by atoms with E-state index in [0.717, 1.165) is 23.8 Å². The number of benzene rings is 2. The highest BCUT2D eigenvalue weighted by Crippen LogP contribution is 2.38. The molecule has 1 nitrogen and oxygen atoms in total. The molecule has 3 rings (SSSR count). The van der Waals surface area contributed by atoms with Gasteiger partial charge in [-0.3, -0.25) is 0 Å². The largest absolute Gasteiger partial charge is 0.390 e. The summed E-state index contributed by atoms with van der Waals surface area (Å²) in [6, 6.07) is 9.16. The number of hydrogen-bond acceptors (Lipinski definition) is 1. The molecule has 0 saturated carbocycles. The normalized spacial score (nSPS) is 15.6. The number of halogens is 3. The van der Waals surface area contributed by atoms with Crippen LogP contribution in [0.1, 0.15) is 36.1 Å². The molecule has 1 unspecified atom stereocenters.